The summed E-state index contributed by atoms with van der Waals surface area (Å²) in [4.78, 5) is 11.4. The zero-order valence-corrected chi connectivity index (χ0v) is 10.6. The molecule has 4 heteroatoms. The molecule has 18 heavy (non-hydrogen) atoms. The third-order valence-electron chi connectivity index (χ3n) is 3.52. The molecule has 0 bridgehead atoms. The average Bonchev–Trinajstić information content (AvgIpc) is 2.41. The molecule has 2 heterocycles. The van der Waals surface area contributed by atoms with Crippen molar-refractivity contribution in [2.75, 3.05) is 25.5 Å². The Kier molecular flexibility index (Phi) is 3.11. The van der Waals surface area contributed by atoms with Crippen molar-refractivity contribution < 1.29 is 0 Å². The van der Waals surface area contributed by atoms with Crippen molar-refractivity contribution in [1.82, 2.24) is 14.9 Å². The highest BCUT2D eigenvalue weighted by Crippen LogP contribution is 2.16. The minimum absolute atomic E-state index is 0.525. The van der Waals surface area contributed by atoms with Gasteiger partial charge in [-0.25, -0.2) is 4.98 Å². The number of anilines is 1. The summed E-state index contributed by atoms with van der Waals surface area (Å²) in [7, 11) is 2.17. The Morgan fingerprint density at radius 2 is 1.89 bits per heavy atom. The predicted octanol–water partition coefficient (Wildman–Crippen LogP) is 2.14. The fourth-order valence-electron chi connectivity index (χ4n) is 2.39. The Morgan fingerprint density at radius 3 is 2.67 bits per heavy atom. The number of hydrogen-bond donors (Lipinski definition) is 1. The molecule has 0 amide bonds. The first-order valence-corrected chi connectivity index (χ1v) is 6.48. The Balaban J connectivity index is 1.74. The number of nitrogens with zero attached hydrogens (tertiary/aromatic N) is 3. The Morgan fingerprint density at radius 1 is 1.17 bits per heavy atom. The van der Waals surface area contributed by atoms with Crippen LogP contribution in [0.5, 0.6) is 0 Å². The topological polar surface area (TPSA) is 41.0 Å². The Labute approximate surface area is 107 Å². The molecule has 1 aliphatic heterocycles. The molecule has 1 aromatic carbocycles. The fourth-order valence-corrected chi connectivity index (χ4v) is 2.39. The first-order valence-electron chi connectivity index (χ1n) is 6.48. The highest BCUT2D eigenvalue weighted by atomic mass is 15.1. The Bertz CT molecular complexity index is 532. The zero-order chi connectivity index (χ0) is 12.4. The van der Waals surface area contributed by atoms with E-state index < -0.39 is 0 Å². The summed E-state index contributed by atoms with van der Waals surface area (Å²) < 4.78 is 0. The maximum absolute atomic E-state index is 4.60. The van der Waals surface area contributed by atoms with Crippen molar-refractivity contribution in [3.05, 3.63) is 30.5 Å². The monoisotopic (exact) mass is 242 g/mol. The summed E-state index contributed by atoms with van der Waals surface area (Å²) in [6.07, 6.45) is 4.18. The van der Waals surface area contributed by atoms with Gasteiger partial charge in [0.15, 0.2) is 0 Å². The first kappa shape index (κ1) is 11.4. The summed E-state index contributed by atoms with van der Waals surface area (Å²) in [6.45, 7) is 2.30. The smallest absolute Gasteiger partial charge is 0.145 e. The van der Waals surface area contributed by atoms with Gasteiger partial charge in [0.05, 0.1) is 17.2 Å². The van der Waals surface area contributed by atoms with Gasteiger partial charge in [-0.1, -0.05) is 12.1 Å². The van der Waals surface area contributed by atoms with E-state index in [9.17, 15) is 0 Å². The molecule has 3 rings (SSSR count). The third kappa shape index (κ3) is 2.43. The van der Waals surface area contributed by atoms with Crippen molar-refractivity contribution >= 4 is 16.9 Å². The molecule has 1 fully saturated rings. The van der Waals surface area contributed by atoms with E-state index in [0.29, 0.717) is 6.04 Å². The van der Waals surface area contributed by atoms with Crippen LogP contribution >= 0.6 is 0 Å². The lowest BCUT2D eigenvalue weighted by molar-refractivity contribution is 0.263. The van der Waals surface area contributed by atoms with Crippen LogP contribution in [0.1, 0.15) is 12.8 Å². The number of nitrogens with one attached hydrogen (secondary N) is 1. The highest BCUT2D eigenvalue weighted by molar-refractivity contribution is 5.75. The van der Waals surface area contributed by atoms with Crippen molar-refractivity contribution in [1.29, 1.82) is 0 Å². The number of para-hydroxylation sites is 2. The van der Waals surface area contributed by atoms with Gasteiger partial charge in [0.25, 0.3) is 0 Å². The van der Waals surface area contributed by atoms with Crippen LogP contribution in [0, 0.1) is 0 Å². The molecule has 0 saturated carbocycles. The number of hydrogen-bond acceptors (Lipinski definition) is 4. The number of rotatable bonds is 2. The number of aromatic nitrogens is 2. The first-order chi connectivity index (χ1) is 8.81. The minimum atomic E-state index is 0.525. The molecular weight excluding hydrogens is 224 g/mol. The van der Waals surface area contributed by atoms with Gasteiger partial charge in [0.1, 0.15) is 5.82 Å². The van der Waals surface area contributed by atoms with Gasteiger partial charge in [0.2, 0.25) is 0 Å². The molecule has 0 radical (unpaired) electrons. The van der Waals surface area contributed by atoms with Gasteiger partial charge in [-0.3, -0.25) is 4.98 Å². The van der Waals surface area contributed by atoms with Gasteiger partial charge in [-0.15, -0.1) is 0 Å². The van der Waals surface area contributed by atoms with E-state index in [4.69, 9.17) is 0 Å². The summed E-state index contributed by atoms with van der Waals surface area (Å²) >= 11 is 0. The van der Waals surface area contributed by atoms with Crippen LogP contribution in [0.4, 0.5) is 5.82 Å². The molecule has 1 saturated heterocycles. The quantitative estimate of drug-likeness (QED) is 0.876. The van der Waals surface area contributed by atoms with E-state index in [0.717, 1.165) is 29.9 Å². The largest absolute Gasteiger partial charge is 0.366 e. The van der Waals surface area contributed by atoms with Crippen LogP contribution in [0.15, 0.2) is 30.5 Å². The number of fused-ring (bicyclic) bond motifs is 1. The van der Waals surface area contributed by atoms with Crippen molar-refractivity contribution in [3.8, 4) is 0 Å². The normalized spacial score (nSPS) is 18.1. The van der Waals surface area contributed by atoms with E-state index in [-0.39, 0.29) is 0 Å². The van der Waals surface area contributed by atoms with Crippen LogP contribution in [-0.2, 0) is 0 Å². The molecule has 1 aliphatic rings. The molecule has 0 aliphatic carbocycles. The van der Waals surface area contributed by atoms with Crippen LogP contribution < -0.4 is 5.32 Å². The van der Waals surface area contributed by atoms with E-state index in [2.05, 4.69) is 27.2 Å². The summed E-state index contributed by atoms with van der Waals surface area (Å²) in [6, 6.07) is 8.50. The van der Waals surface area contributed by atoms with Crippen molar-refractivity contribution in [3.63, 3.8) is 0 Å². The van der Waals surface area contributed by atoms with E-state index in [1.165, 1.54) is 12.8 Å². The lowest BCUT2D eigenvalue weighted by atomic mass is 10.1. The standard InChI is InChI=1S/C14H18N4/c1-18-8-6-11(7-9-18)16-14-10-15-12-4-2-3-5-13(12)17-14/h2-5,10-11H,6-9H2,1H3,(H,16,17). The molecule has 1 aromatic heterocycles. The average molecular weight is 242 g/mol. The third-order valence-corrected chi connectivity index (χ3v) is 3.52. The summed E-state index contributed by atoms with van der Waals surface area (Å²) in [5, 5.41) is 3.49. The Hall–Kier alpha value is -1.68. The fraction of sp³-hybridized carbons (Fsp3) is 0.429. The van der Waals surface area contributed by atoms with Gasteiger partial charge >= 0.3 is 0 Å². The van der Waals surface area contributed by atoms with E-state index >= 15 is 0 Å². The van der Waals surface area contributed by atoms with Crippen molar-refractivity contribution in [2.24, 2.45) is 0 Å². The number of likely N-dealkylation sites (tertiary alicyclic amines) is 1. The molecule has 0 atom stereocenters. The highest BCUT2D eigenvalue weighted by Gasteiger charge is 2.16. The summed E-state index contributed by atoms with van der Waals surface area (Å²) in [5.74, 6) is 0.892. The molecule has 4 nitrogen and oxygen atoms in total. The maximum atomic E-state index is 4.60. The second kappa shape index (κ2) is 4.90. The van der Waals surface area contributed by atoms with Gasteiger partial charge in [0, 0.05) is 6.04 Å². The second-order valence-corrected chi connectivity index (χ2v) is 4.97. The van der Waals surface area contributed by atoms with Gasteiger partial charge < -0.3 is 10.2 Å². The van der Waals surface area contributed by atoms with E-state index in [1.807, 2.05) is 30.5 Å². The summed E-state index contributed by atoms with van der Waals surface area (Å²) in [5.41, 5.74) is 1.90. The van der Waals surface area contributed by atoms with Crippen LogP contribution in [0.2, 0.25) is 0 Å². The number of piperidine rings is 1. The molecule has 0 unspecified atom stereocenters. The maximum Gasteiger partial charge on any atom is 0.145 e. The molecule has 0 spiro atoms. The molecular formula is C14H18N4. The molecule has 1 N–H and O–H groups in total. The minimum Gasteiger partial charge on any atom is -0.366 e. The molecule has 94 valence electrons. The predicted molar refractivity (Wildman–Crippen MR) is 73.7 cm³/mol. The van der Waals surface area contributed by atoms with Gasteiger partial charge in [-0.2, -0.15) is 0 Å². The van der Waals surface area contributed by atoms with Crippen LogP contribution in [0.3, 0.4) is 0 Å². The van der Waals surface area contributed by atoms with Crippen LogP contribution in [0.25, 0.3) is 11.0 Å². The van der Waals surface area contributed by atoms with Crippen molar-refractivity contribution in [2.45, 2.75) is 18.9 Å². The zero-order valence-electron chi connectivity index (χ0n) is 10.6. The lowest BCUT2D eigenvalue weighted by Crippen LogP contribution is -2.36. The lowest BCUT2D eigenvalue weighted by Gasteiger charge is -2.29. The van der Waals surface area contributed by atoms with Gasteiger partial charge in [-0.05, 0) is 45.1 Å². The van der Waals surface area contributed by atoms with E-state index in [1.54, 1.807) is 0 Å². The SMILES string of the molecule is CN1CCC(Nc2cnc3ccccc3n2)CC1. The number of benzene rings is 1. The molecule has 2 aromatic rings. The van der Waals surface area contributed by atoms with Crippen LogP contribution in [-0.4, -0.2) is 41.0 Å². The second-order valence-electron chi connectivity index (χ2n) is 4.97.